The van der Waals surface area contributed by atoms with Crippen LogP contribution in [0.25, 0.3) is 0 Å². The van der Waals surface area contributed by atoms with Crippen LogP contribution in [0, 0.1) is 0 Å². The number of methoxy groups -OCH3 is 1. The first-order valence-electron chi connectivity index (χ1n) is 5.01. The lowest BCUT2D eigenvalue weighted by molar-refractivity contribution is 0.0974. The van der Waals surface area contributed by atoms with Gasteiger partial charge in [-0.2, -0.15) is 0 Å². The molecule has 1 aromatic rings. The van der Waals surface area contributed by atoms with Crippen molar-refractivity contribution in [3.63, 3.8) is 0 Å². The maximum atomic E-state index is 5.71. The molecule has 0 saturated carbocycles. The molecule has 1 heterocycles. The van der Waals surface area contributed by atoms with Gasteiger partial charge in [-0.15, -0.1) is 11.6 Å². The summed E-state index contributed by atoms with van der Waals surface area (Å²) in [4.78, 5) is 4.12. The number of ether oxygens (including phenoxy) is 2. The second kappa shape index (κ2) is 7.68. The van der Waals surface area contributed by atoms with Gasteiger partial charge in [-0.1, -0.05) is 0 Å². The highest BCUT2D eigenvalue weighted by Crippen LogP contribution is 2.01. The molecule has 0 radical (unpaired) electrons. The normalized spacial score (nSPS) is 10.8. The van der Waals surface area contributed by atoms with Crippen molar-refractivity contribution >= 4 is 11.6 Å². The van der Waals surface area contributed by atoms with E-state index in [1.165, 1.54) is 0 Å². The molecule has 5 heteroatoms. The third kappa shape index (κ3) is 4.64. The van der Waals surface area contributed by atoms with E-state index in [0.717, 1.165) is 32.0 Å². The molecule has 0 aliphatic carbocycles. The van der Waals surface area contributed by atoms with Crippen molar-refractivity contribution in [1.29, 1.82) is 0 Å². The number of imidazole rings is 1. The number of rotatable bonds is 8. The molecule has 86 valence electrons. The van der Waals surface area contributed by atoms with Gasteiger partial charge in [-0.3, -0.25) is 0 Å². The van der Waals surface area contributed by atoms with Crippen molar-refractivity contribution in [3.05, 3.63) is 18.2 Å². The number of nitrogens with zero attached hydrogens (tertiary/aromatic N) is 2. The van der Waals surface area contributed by atoms with E-state index < -0.39 is 0 Å². The first-order chi connectivity index (χ1) is 7.38. The maximum Gasteiger partial charge on any atom is 0.123 e. The van der Waals surface area contributed by atoms with Gasteiger partial charge in [0, 0.05) is 39.3 Å². The van der Waals surface area contributed by atoms with E-state index in [1.54, 1.807) is 13.3 Å². The van der Waals surface area contributed by atoms with Crippen molar-refractivity contribution in [2.45, 2.75) is 18.8 Å². The van der Waals surface area contributed by atoms with Crippen molar-refractivity contribution < 1.29 is 9.47 Å². The first kappa shape index (κ1) is 12.5. The summed E-state index contributed by atoms with van der Waals surface area (Å²) in [6.45, 7) is 2.97. The average molecular weight is 233 g/mol. The molecule has 0 N–H and O–H groups in total. The minimum Gasteiger partial charge on any atom is -0.385 e. The quantitative estimate of drug-likeness (QED) is 0.505. The standard InChI is InChI=1S/C10H17ClN2O2/c1-14-6-2-7-15-8-5-13-4-3-12-10(13)9-11/h3-4H,2,5-9H2,1H3. The fraction of sp³-hybridized carbons (Fsp3) is 0.700. The number of alkyl halides is 1. The Balaban J connectivity index is 2.09. The fourth-order valence-electron chi connectivity index (χ4n) is 1.25. The Morgan fingerprint density at radius 3 is 3.00 bits per heavy atom. The van der Waals surface area contributed by atoms with Crippen molar-refractivity contribution in [1.82, 2.24) is 9.55 Å². The highest BCUT2D eigenvalue weighted by atomic mass is 35.5. The van der Waals surface area contributed by atoms with Crippen LogP contribution in [0.15, 0.2) is 12.4 Å². The summed E-state index contributed by atoms with van der Waals surface area (Å²) in [6, 6.07) is 0. The maximum absolute atomic E-state index is 5.71. The molecule has 0 unspecified atom stereocenters. The SMILES string of the molecule is COCCCOCCn1ccnc1CCl. The zero-order chi connectivity index (χ0) is 10.9. The van der Waals surface area contributed by atoms with Gasteiger partial charge in [-0.05, 0) is 6.42 Å². The predicted octanol–water partition coefficient (Wildman–Crippen LogP) is 1.67. The van der Waals surface area contributed by atoms with Gasteiger partial charge in [0.1, 0.15) is 5.82 Å². The highest BCUT2D eigenvalue weighted by Gasteiger charge is 1.99. The van der Waals surface area contributed by atoms with Gasteiger partial charge in [0.2, 0.25) is 0 Å². The van der Waals surface area contributed by atoms with Crippen molar-refractivity contribution in [2.75, 3.05) is 26.9 Å². The second-order valence-electron chi connectivity index (χ2n) is 3.13. The molecule has 0 aliphatic heterocycles. The van der Waals surface area contributed by atoms with Crippen LogP contribution in [0.3, 0.4) is 0 Å². The Labute approximate surface area is 95.2 Å². The smallest absolute Gasteiger partial charge is 0.123 e. The Morgan fingerprint density at radius 2 is 2.27 bits per heavy atom. The number of hydrogen-bond donors (Lipinski definition) is 0. The summed E-state index contributed by atoms with van der Waals surface area (Å²) >= 11 is 5.71. The number of halogens is 1. The van der Waals surface area contributed by atoms with Crippen LogP contribution in [0.1, 0.15) is 12.2 Å². The van der Waals surface area contributed by atoms with Gasteiger partial charge >= 0.3 is 0 Å². The lowest BCUT2D eigenvalue weighted by atomic mass is 10.5. The van der Waals surface area contributed by atoms with E-state index in [1.807, 2.05) is 10.8 Å². The van der Waals surface area contributed by atoms with Crippen molar-refractivity contribution in [3.8, 4) is 0 Å². The molecule has 0 amide bonds. The van der Waals surface area contributed by atoms with Crippen LogP contribution in [-0.2, 0) is 21.9 Å². The monoisotopic (exact) mass is 232 g/mol. The molecule has 4 nitrogen and oxygen atoms in total. The minimum atomic E-state index is 0.441. The largest absolute Gasteiger partial charge is 0.385 e. The lowest BCUT2D eigenvalue weighted by Gasteiger charge is -2.06. The Bertz CT molecular complexity index is 266. The molecule has 0 aliphatic rings. The lowest BCUT2D eigenvalue weighted by Crippen LogP contribution is -2.09. The zero-order valence-electron chi connectivity index (χ0n) is 8.99. The van der Waals surface area contributed by atoms with Crippen LogP contribution < -0.4 is 0 Å². The average Bonchev–Trinajstić information content (AvgIpc) is 2.70. The van der Waals surface area contributed by atoms with Crippen molar-refractivity contribution in [2.24, 2.45) is 0 Å². The minimum absolute atomic E-state index is 0.441. The molecule has 15 heavy (non-hydrogen) atoms. The van der Waals surface area contributed by atoms with Crippen LogP contribution >= 0.6 is 11.6 Å². The third-order valence-corrected chi connectivity index (χ3v) is 2.27. The summed E-state index contributed by atoms with van der Waals surface area (Å²) in [5.74, 6) is 1.33. The summed E-state index contributed by atoms with van der Waals surface area (Å²) in [6.07, 6.45) is 4.60. The zero-order valence-corrected chi connectivity index (χ0v) is 9.74. The van der Waals surface area contributed by atoms with E-state index in [4.69, 9.17) is 21.1 Å². The Hall–Kier alpha value is -0.580. The molecular weight excluding hydrogens is 216 g/mol. The molecule has 0 aromatic carbocycles. The van der Waals surface area contributed by atoms with Gasteiger partial charge in [0.25, 0.3) is 0 Å². The summed E-state index contributed by atoms with van der Waals surface area (Å²) in [7, 11) is 1.69. The topological polar surface area (TPSA) is 36.3 Å². The summed E-state index contributed by atoms with van der Waals surface area (Å²) in [5.41, 5.74) is 0. The van der Waals surface area contributed by atoms with Crippen LogP contribution in [-0.4, -0.2) is 36.5 Å². The molecule has 0 saturated heterocycles. The fourth-order valence-corrected chi connectivity index (χ4v) is 1.47. The molecular formula is C10H17ClN2O2. The van der Waals surface area contributed by atoms with E-state index >= 15 is 0 Å². The van der Waals surface area contributed by atoms with Gasteiger partial charge < -0.3 is 14.0 Å². The van der Waals surface area contributed by atoms with E-state index in [2.05, 4.69) is 4.98 Å². The Kier molecular flexibility index (Phi) is 6.39. The summed E-state index contributed by atoms with van der Waals surface area (Å²) < 4.78 is 12.4. The van der Waals surface area contributed by atoms with Gasteiger partial charge in [-0.25, -0.2) is 4.98 Å². The second-order valence-corrected chi connectivity index (χ2v) is 3.40. The first-order valence-corrected chi connectivity index (χ1v) is 5.54. The van der Waals surface area contributed by atoms with Crippen LogP contribution in [0.4, 0.5) is 0 Å². The van der Waals surface area contributed by atoms with Crippen LogP contribution in [0.5, 0.6) is 0 Å². The molecule has 0 bridgehead atoms. The van der Waals surface area contributed by atoms with E-state index in [0.29, 0.717) is 12.5 Å². The summed E-state index contributed by atoms with van der Waals surface area (Å²) in [5, 5.41) is 0. The molecule has 1 aromatic heterocycles. The predicted molar refractivity (Wildman–Crippen MR) is 59.1 cm³/mol. The third-order valence-electron chi connectivity index (χ3n) is 2.03. The van der Waals surface area contributed by atoms with Gasteiger partial charge in [0.15, 0.2) is 0 Å². The number of aromatic nitrogens is 2. The molecule has 0 atom stereocenters. The van der Waals surface area contributed by atoms with E-state index in [-0.39, 0.29) is 0 Å². The molecule has 1 rings (SSSR count). The highest BCUT2D eigenvalue weighted by molar-refractivity contribution is 6.16. The van der Waals surface area contributed by atoms with Gasteiger partial charge in [0.05, 0.1) is 12.5 Å². The molecule has 0 spiro atoms. The Morgan fingerprint density at radius 1 is 1.40 bits per heavy atom. The molecule has 0 fully saturated rings. The van der Waals surface area contributed by atoms with Crippen LogP contribution in [0.2, 0.25) is 0 Å². The number of hydrogen-bond acceptors (Lipinski definition) is 3. The van der Waals surface area contributed by atoms with E-state index in [9.17, 15) is 0 Å².